The molecule has 0 bridgehead atoms. The van der Waals surface area contributed by atoms with Crippen molar-refractivity contribution in [3.63, 3.8) is 0 Å². The minimum atomic E-state index is -0.0289. The second-order valence-corrected chi connectivity index (χ2v) is 7.36. The molecule has 1 N–H and O–H groups in total. The molecule has 2 aromatic heterocycles. The van der Waals surface area contributed by atoms with Crippen molar-refractivity contribution in [1.29, 1.82) is 0 Å². The van der Waals surface area contributed by atoms with Gasteiger partial charge in [-0.1, -0.05) is 32.0 Å². The van der Waals surface area contributed by atoms with Gasteiger partial charge in [-0.15, -0.1) is 11.3 Å². The van der Waals surface area contributed by atoms with E-state index < -0.39 is 0 Å². The van der Waals surface area contributed by atoms with Crippen LogP contribution in [0.15, 0.2) is 42.9 Å². The zero-order valence-corrected chi connectivity index (χ0v) is 14.1. The molecule has 0 unspecified atom stereocenters. The summed E-state index contributed by atoms with van der Waals surface area (Å²) in [5, 5.41) is 4.96. The van der Waals surface area contributed by atoms with Crippen molar-refractivity contribution in [2.75, 3.05) is 6.54 Å². The van der Waals surface area contributed by atoms with E-state index in [0.29, 0.717) is 0 Å². The third kappa shape index (κ3) is 3.03. The number of hydrogen-bond acceptors (Lipinski definition) is 4. The normalized spacial score (nSPS) is 12.0. The fourth-order valence-electron chi connectivity index (χ4n) is 2.62. The van der Waals surface area contributed by atoms with Crippen LogP contribution in [0.2, 0.25) is 0 Å². The molecule has 3 nitrogen and oxygen atoms in total. The van der Waals surface area contributed by atoms with Gasteiger partial charge in [0.25, 0.3) is 0 Å². The first-order valence-corrected chi connectivity index (χ1v) is 8.34. The molecule has 0 aliphatic heterocycles. The Morgan fingerprint density at radius 3 is 2.73 bits per heavy atom. The van der Waals surface area contributed by atoms with Crippen molar-refractivity contribution in [2.45, 2.75) is 32.7 Å². The van der Waals surface area contributed by atoms with E-state index >= 15 is 0 Å². The molecule has 0 aliphatic carbocycles. The van der Waals surface area contributed by atoms with Crippen LogP contribution in [0.25, 0.3) is 10.1 Å². The first kappa shape index (κ1) is 15.1. The molecule has 114 valence electrons. The highest BCUT2D eigenvalue weighted by atomic mass is 32.1. The number of nitrogens with one attached hydrogen (secondary N) is 1. The molecule has 0 spiro atoms. The summed E-state index contributed by atoms with van der Waals surface area (Å²) < 4.78 is 1.37. The van der Waals surface area contributed by atoms with E-state index in [0.717, 1.165) is 18.8 Å². The molecule has 3 aromatic rings. The Morgan fingerprint density at radius 1 is 1.18 bits per heavy atom. The van der Waals surface area contributed by atoms with Crippen LogP contribution in [0.4, 0.5) is 0 Å². The van der Waals surface area contributed by atoms with Gasteiger partial charge in [0, 0.05) is 46.7 Å². The van der Waals surface area contributed by atoms with Gasteiger partial charge < -0.3 is 5.32 Å². The largest absolute Gasteiger partial charge is 0.311 e. The number of benzene rings is 1. The Bertz CT molecular complexity index is 762. The van der Waals surface area contributed by atoms with Crippen LogP contribution in [0.3, 0.4) is 0 Å². The monoisotopic (exact) mass is 311 g/mol. The number of aryl methyl sites for hydroxylation is 1. The van der Waals surface area contributed by atoms with Crippen LogP contribution in [0.1, 0.15) is 30.0 Å². The van der Waals surface area contributed by atoms with Gasteiger partial charge in [0.15, 0.2) is 0 Å². The van der Waals surface area contributed by atoms with Gasteiger partial charge in [-0.05, 0) is 23.9 Å². The Hall–Kier alpha value is -1.78. The topological polar surface area (TPSA) is 37.8 Å². The molecule has 22 heavy (non-hydrogen) atoms. The van der Waals surface area contributed by atoms with Crippen LogP contribution >= 0.6 is 11.3 Å². The van der Waals surface area contributed by atoms with Gasteiger partial charge in [0.05, 0.1) is 5.69 Å². The number of nitrogens with zero attached hydrogens (tertiary/aromatic N) is 2. The van der Waals surface area contributed by atoms with Crippen molar-refractivity contribution < 1.29 is 0 Å². The molecule has 1 aromatic carbocycles. The van der Waals surface area contributed by atoms with Gasteiger partial charge >= 0.3 is 0 Å². The molecular weight excluding hydrogens is 290 g/mol. The fraction of sp³-hybridized carbons (Fsp3) is 0.333. The first-order valence-electron chi connectivity index (χ1n) is 7.52. The minimum Gasteiger partial charge on any atom is -0.311 e. The third-order valence-corrected chi connectivity index (χ3v) is 5.32. The highest BCUT2D eigenvalue weighted by Crippen LogP contribution is 2.30. The van der Waals surface area contributed by atoms with Crippen LogP contribution in [0.5, 0.6) is 0 Å². The van der Waals surface area contributed by atoms with Gasteiger partial charge in [-0.3, -0.25) is 9.97 Å². The lowest BCUT2D eigenvalue weighted by atomic mass is 9.89. The van der Waals surface area contributed by atoms with Crippen LogP contribution in [0, 0.1) is 6.92 Å². The Kier molecular flexibility index (Phi) is 4.23. The molecular formula is C18H21N3S. The van der Waals surface area contributed by atoms with E-state index in [1.165, 1.54) is 20.5 Å². The standard InChI is InChI=1S/C18H21N3S/c1-13-14-6-4-5-7-15(14)22-16(13)10-20-12-18(2,3)17-11-19-8-9-21-17/h4-9,11,20H,10,12H2,1-3H3. The van der Waals surface area contributed by atoms with E-state index in [4.69, 9.17) is 0 Å². The van der Waals surface area contributed by atoms with Crippen LogP contribution < -0.4 is 5.32 Å². The van der Waals surface area contributed by atoms with Crippen molar-refractivity contribution in [1.82, 2.24) is 15.3 Å². The predicted molar refractivity (Wildman–Crippen MR) is 93.3 cm³/mol. The number of aromatic nitrogens is 2. The second-order valence-electron chi connectivity index (χ2n) is 6.22. The summed E-state index contributed by atoms with van der Waals surface area (Å²) >= 11 is 1.88. The fourth-order valence-corrected chi connectivity index (χ4v) is 3.80. The highest BCUT2D eigenvalue weighted by molar-refractivity contribution is 7.19. The smallest absolute Gasteiger partial charge is 0.0655 e. The average Bonchev–Trinajstić information content (AvgIpc) is 2.85. The van der Waals surface area contributed by atoms with E-state index in [1.807, 2.05) is 17.5 Å². The molecule has 0 saturated heterocycles. The van der Waals surface area contributed by atoms with Crippen molar-refractivity contribution in [3.05, 3.63) is 59.0 Å². The Labute approximate surface area is 135 Å². The van der Waals surface area contributed by atoms with Gasteiger partial charge in [0.2, 0.25) is 0 Å². The summed E-state index contributed by atoms with van der Waals surface area (Å²) in [7, 11) is 0. The van der Waals surface area contributed by atoms with Crippen molar-refractivity contribution >= 4 is 21.4 Å². The van der Waals surface area contributed by atoms with Crippen molar-refractivity contribution in [2.24, 2.45) is 0 Å². The van der Waals surface area contributed by atoms with E-state index in [9.17, 15) is 0 Å². The number of rotatable bonds is 5. The lowest BCUT2D eigenvalue weighted by Crippen LogP contribution is -2.33. The Balaban J connectivity index is 1.68. The lowest BCUT2D eigenvalue weighted by molar-refractivity contribution is 0.456. The maximum atomic E-state index is 4.43. The molecule has 0 fully saturated rings. The first-order chi connectivity index (χ1) is 10.6. The molecule has 3 rings (SSSR count). The number of fused-ring (bicyclic) bond motifs is 1. The quantitative estimate of drug-likeness (QED) is 0.772. The molecule has 0 saturated carbocycles. The maximum Gasteiger partial charge on any atom is 0.0655 e. The summed E-state index contributed by atoms with van der Waals surface area (Å²) in [5.74, 6) is 0. The summed E-state index contributed by atoms with van der Waals surface area (Å²) in [6, 6.07) is 8.61. The molecule has 2 heterocycles. The minimum absolute atomic E-state index is 0.0289. The number of thiophene rings is 1. The van der Waals surface area contributed by atoms with Crippen molar-refractivity contribution in [3.8, 4) is 0 Å². The Morgan fingerprint density at radius 2 is 2.00 bits per heavy atom. The zero-order chi connectivity index (χ0) is 15.6. The molecule has 0 aliphatic rings. The van der Waals surface area contributed by atoms with Gasteiger partial charge in [0.1, 0.15) is 0 Å². The average molecular weight is 311 g/mol. The molecule has 0 amide bonds. The SMILES string of the molecule is Cc1c(CNCC(C)(C)c2cnccn2)sc2ccccc12. The summed E-state index contributed by atoms with van der Waals surface area (Å²) in [6.07, 6.45) is 5.33. The van der Waals surface area contributed by atoms with Gasteiger partial charge in [-0.2, -0.15) is 0 Å². The summed E-state index contributed by atoms with van der Waals surface area (Å²) in [4.78, 5) is 10.0. The lowest BCUT2D eigenvalue weighted by Gasteiger charge is -2.24. The summed E-state index contributed by atoms with van der Waals surface area (Å²) in [6.45, 7) is 8.38. The molecule has 4 heteroatoms. The summed E-state index contributed by atoms with van der Waals surface area (Å²) in [5.41, 5.74) is 2.39. The second kappa shape index (κ2) is 6.15. The number of hydrogen-bond donors (Lipinski definition) is 1. The van der Waals surface area contributed by atoms with E-state index in [-0.39, 0.29) is 5.41 Å². The van der Waals surface area contributed by atoms with Crippen LogP contribution in [-0.4, -0.2) is 16.5 Å². The third-order valence-electron chi connectivity index (χ3n) is 4.05. The predicted octanol–water partition coefficient (Wildman–Crippen LogP) is 4.07. The van der Waals surface area contributed by atoms with Crippen LogP contribution in [-0.2, 0) is 12.0 Å². The van der Waals surface area contributed by atoms with E-state index in [1.54, 1.807) is 12.4 Å². The van der Waals surface area contributed by atoms with Gasteiger partial charge in [-0.25, -0.2) is 0 Å². The molecule has 0 radical (unpaired) electrons. The highest BCUT2D eigenvalue weighted by Gasteiger charge is 2.22. The zero-order valence-electron chi connectivity index (χ0n) is 13.3. The maximum absolute atomic E-state index is 4.43. The van der Waals surface area contributed by atoms with E-state index in [2.05, 4.69) is 60.3 Å². The molecule has 0 atom stereocenters.